The van der Waals surface area contributed by atoms with E-state index in [2.05, 4.69) is 34.5 Å². The lowest BCUT2D eigenvalue weighted by Crippen LogP contribution is -2.27. The molecule has 0 aliphatic carbocycles. The molecule has 0 amide bonds. The van der Waals surface area contributed by atoms with E-state index >= 15 is 0 Å². The smallest absolute Gasteiger partial charge is 0.194 e. The number of fused-ring (bicyclic) bond motifs is 1. The number of aromatic nitrogens is 4. The molecule has 1 fully saturated rings. The molecule has 2 aromatic rings. The molecule has 0 bridgehead atoms. The summed E-state index contributed by atoms with van der Waals surface area (Å²) < 4.78 is 8.26. The molecule has 0 unspecified atom stereocenters. The van der Waals surface area contributed by atoms with E-state index in [-0.39, 0.29) is 11.4 Å². The molecule has 3 heterocycles. The van der Waals surface area contributed by atoms with Crippen molar-refractivity contribution in [3.8, 4) is 0 Å². The topological polar surface area (TPSA) is 99.1 Å². The van der Waals surface area contributed by atoms with Crippen LogP contribution in [0.15, 0.2) is 6.33 Å². The average molecular weight is 435 g/mol. The maximum absolute atomic E-state index is 10.5. The van der Waals surface area contributed by atoms with Gasteiger partial charge in [-0.3, -0.25) is 4.57 Å². The van der Waals surface area contributed by atoms with Crippen LogP contribution in [0.3, 0.4) is 0 Å². The van der Waals surface area contributed by atoms with Crippen LogP contribution in [0.5, 0.6) is 0 Å². The summed E-state index contributed by atoms with van der Waals surface area (Å²) in [6.07, 6.45) is 3.22. The van der Waals surface area contributed by atoms with Gasteiger partial charge in [0.2, 0.25) is 0 Å². The number of anilines is 1. The van der Waals surface area contributed by atoms with Gasteiger partial charge in [-0.1, -0.05) is 19.8 Å². The zero-order valence-corrected chi connectivity index (χ0v) is 15.1. The van der Waals surface area contributed by atoms with E-state index in [4.69, 9.17) is 10.5 Å². The van der Waals surface area contributed by atoms with Crippen molar-refractivity contribution < 1.29 is 9.84 Å². The van der Waals surface area contributed by atoms with Crippen molar-refractivity contribution in [2.75, 3.05) is 5.73 Å². The fourth-order valence-electron chi connectivity index (χ4n) is 2.70. The maximum Gasteiger partial charge on any atom is 0.194 e. The summed E-state index contributed by atoms with van der Waals surface area (Å²) in [6.45, 7) is 2.13. The minimum Gasteiger partial charge on any atom is -0.387 e. The van der Waals surface area contributed by atoms with E-state index < -0.39 is 12.3 Å². The van der Waals surface area contributed by atoms with Crippen LogP contribution in [0.25, 0.3) is 11.2 Å². The van der Waals surface area contributed by atoms with Crippen LogP contribution in [0.4, 0.5) is 5.82 Å². The fourth-order valence-corrected chi connectivity index (χ4v) is 3.55. The number of thiol groups is 1. The molecule has 3 N–H and O–H groups in total. The Hall–Kier alpha value is -0.650. The summed E-state index contributed by atoms with van der Waals surface area (Å²) in [5.74, 6) is 0.325. The Morgan fingerprint density at radius 3 is 3.00 bits per heavy atom. The normalized spacial score (nSPS) is 28.5. The largest absolute Gasteiger partial charge is 0.387 e. The third-order valence-electron chi connectivity index (χ3n) is 3.87. The minimum atomic E-state index is -0.726. The van der Waals surface area contributed by atoms with Crippen LogP contribution >= 0.6 is 35.2 Å². The first kappa shape index (κ1) is 16.2. The summed E-state index contributed by atoms with van der Waals surface area (Å²) in [5.41, 5.74) is 6.96. The van der Waals surface area contributed by atoms with Crippen LogP contribution in [0.1, 0.15) is 32.4 Å². The van der Waals surface area contributed by atoms with Crippen LogP contribution in [0.2, 0.25) is 0 Å². The van der Waals surface area contributed by atoms with Gasteiger partial charge >= 0.3 is 0 Å². The maximum atomic E-state index is 10.5. The van der Waals surface area contributed by atoms with Crippen molar-refractivity contribution in [3.05, 3.63) is 10.2 Å². The molecule has 0 saturated carbocycles. The summed E-state index contributed by atoms with van der Waals surface area (Å²) in [5, 5.41) is 10.2. The molecule has 22 heavy (non-hydrogen) atoms. The van der Waals surface area contributed by atoms with Crippen molar-refractivity contribution in [1.29, 1.82) is 0 Å². The Kier molecular flexibility index (Phi) is 4.76. The van der Waals surface area contributed by atoms with E-state index in [0.717, 1.165) is 19.3 Å². The number of rotatable bonds is 4. The molecule has 0 radical (unpaired) electrons. The molecule has 3 rings (SSSR count). The van der Waals surface area contributed by atoms with Crippen LogP contribution in [0, 0.1) is 3.83 Å². The number of halogens is 1. The zero-order chi connectivity index (χ0) is 15.9. The van der Waals surface area contributed by atoms with Crippen molar-refractivity contribution in [1.82, 2.24) is 19.5 Å². The number of hydrogen-bond donors (Lipinski definition) is 3. The summed E-state index contributed by atoms with van der Waals surface area (Å²) in [7, 11) is 0. The fraction of sp³-hybridized carbons (Fsp3) is 0.615. The molecule has 1 aliphatic heterocycles. The number of unbranched alkanes of at least 4 members (excludes halogenated alkanes) is 1. The number of nitrogen functional groups attached to an aromatic ring is 1. The first-order valence-corrected chi connectivity index (χ1v) is 8.79. The lowest BCUT2D eigenvalue weighted by atomic mass is 10.1. The molecule has 1 saturated heterocycles. The predicted octanol–water partition coefficient (Wildman–Crippen LogP) is 1.76. The Morgan fingerprint density at radius 2 is 2.27 bits per heavy atom. The standard InChI is InChI=1S/C13H18IN5O2S/c1-2-3-4-6-9(22)8(20)12(21-6)19-5-16-7-10(15)17-13(14)18-11(7)19/h5-6,8-9,12,20,22H,2-4H2,1H3,(H2,15,17,18)/t6-,8-,9-,12-/m1/s1. The number of hydrogen-bond acceptors (Lipinski definition) is 7. The number of nitrogens with two attached hydrogens (primary N) is 1. The highest BCUT2D eigenvalue weighted by Gasteiger charge is 2.42. The Balaban J connectivity index is 1.94. The second kappa shape index (κ2) is 6.46. The summed E-state index contributed by atoms with van der Waals surface area (Å²) >= 11 is 6.51. The number of aliphatic hydroxyl groups excluding tert-OH is 1. The Morgan fingerprint density at radius 1 is 1.50 bits per heavy atom. The molecule has 2 aromatic heterocycles. The van der Waals surface area contributed by atoms with Crippen molar-refractivity contribution in [2.24, 2.45) is 0 Å². The predicted molar refractivity (Wildman–Crippen MR) is 94.7 cm³/mol. The number of imidazole rings is 1. The van der Waals surface area contributed by atoms with E-state index in [9.17, 15) is 5.11 Å². The average Bonchev–Trinajstić information content (AvgIpc) is 3.00. The monoisotopic (exact) mass is 435 g/mol. The third kappa shape index (κ3) is 2.79. The van der Waals surface area contributed by atoms with Gasteiger partial charge in [-0.05, 0) is 6.42 Å². The lowest BCUT2D eigenvalue weighted by Gasteiger charge is -2.16. The first-order valence-electron chi connectivity index (χ1n) is 7.20. The van der Waals surface area contributed by atoms with Gasteiger partial charge in [-0.15, -0.1) is 0 Å². The highest BCUT2D eigenvalue weighted by molar-refractivity contribution is 14.1. The number of nitrogens with zero attached hydrogens (tertiary/aromatic N) is 4. The quantitative estimate of drug-likeness (QED) is 0.385. The number of aliphatic hydroxyl groups is 1. The second-order valence-electron chi connectivity index (χ2n) is 5.39. The minimum absolute atomic E-state index is 0.0843. The van der Waals surface area contributed by atoms with Gasteiger partial charge in [0.15, 0.2) is 21.5 Å². The van der Waals surface area contributed by atoms with Gasteiger partial charge in [0.25, 0.3) is 0 Å². The van der Waals surface area contributed by atoms with Crippen LogP contribution in [-0.4, -0.2) is 42.1 Å². The summed E-state index contributed by atoms with van der Waals surface area (Å²) in [6, 6.07) is 0. The van der Waals surface area contributed by atoms with Gasteiger partial charge in [-0.25, -0.2) is 15.0 Å². The Labute approximate surface area is 147 Å². The van der Waals surface area contributed by atoms with E-state index in [0.29, 0.717) is 20.8 Å². The van der Waals surface area contributed by atoms with Gasteiger partial charge in [-0.2, -0.15) is 12.6 Å². The molecule has 1 aliphatic rings. The van der Waals surface area contributed by atoms with Crippen molar-refractivity contribution >= 4 is 52.2 Å². The van der Waals surface area contributed by atoms with Crippen LogP contribution < -0.4 is 5.73 Å². The molecule has 0 spiro atoms. The van der Waals surface area contributed by atoms with E-state index in [1.807, 2.05) is 22.6 Å². The highest BCUT2D eigenvalue weighted by Crippen LogP contribution is 2.36. The van der Waals surface area contributed by atoms with Crippen LogP contribution in [-0.2, 0) is 4.74 Å². The van der Waals surface area contributed by atoms with Crippen molar-refractivity contribution in [2.45, 2.75) is 49.9 Å². The molecular formula is C13H18IN5O2S. The SMILES string of the molecule is CCCC[C@H]1O[C@@H](n2cnc3c(N)nc(I)nc32)[C@H](O)[C@@H]1S. The first-order chi connectivity index (χ1) is 10.5. The van der Waals surface area contributed by atoms with E-state index in [1.165, 1.54) is 0 Å². The second-order valence-corrected chi connectivity index (χ2v) is 6.95. The van der Waals surface area contributed by atoms with Gasteiger partial charge in [0.1, 0.15) is 11.6 Å². The molecule has 9 heteroatoms. The zero-order valence-electron chi connectivity index (χ0n) is 12.1. The molecule has 7 nitrogen and oxygen atoms in total. The lowest BCUT2D eigenvalue weighted by molar-refractivity contribution is -0.0372. The molecular weight excluding hydrogens is 417 g/mol. The third-order valence-corrected chi connectivity index (χ3v) is 5.00. The highest BCUT2D eigenvalue weighted by atomic mass is 127. The Bertz CT molecular complexity index is 682. The van der Waals surface area contributed by atoms with Gasteiger partial charge < -0.3 is 15.6 Å². The van der Waals surface area contributed by atoms with Gasteiger partial charge in [0.05, 0.1) is 17.7 Å². The number of ether oxygens (including phenoxy) is 1. The van der Waals surface area contributed by atoms with Crippen molar-refractivity contribution in [3.63, 3.8) is 0 Å². The van der Waals surface area contributed by atoms with E-state index in [1.54, 1.807) is 10.9 Å². The molecule has 120 valence electrons. The van der Waals surface area contributed by atoms with Gasteiger partial charge in [0, 0.05) is 22.6 Å². The summed E-state index contributed by atoms with van der Waals surface area (Å²) in [4.78, 5) is 12.7. The molecule has 4 atom stereocenters. The molecule has 0 aromatic carbocycles.